The standard InChI is InChI=1S/C20H32N2O5/c1-19(2,11-5-7-15-25-17(23)9-13-21)26-16-8-6-12-20(3,4)27-18(24)10-14-22/h5-12,15-16H2,1-4H3. The van der Waals surface area contributed by atoms with Gasteiger partial charge in [-0.1, -0.05) is 0 Å². The molecule has 0 aliphatic carbocycles. The highest BCUT2D eigenvalue weighted by molar-refractivity contribution is 5.72. The molecule has 0 saturated carbocycles. The quantitative estimate of drug-likeness (QED) is 0.333. The summed E-state index contributed by atoms with van der Waals surface area (Å²) in [6, 6.07) is 3.55. The number of nitriles is 2. The minimum atomic E-state index is -0.577. The van der Waals surface area contributed by atoms with Gasteiger partial charge in [-0.25, -0.2) is 0 Å². The summed E-state index contributed by atoms with van der Waals surface area (Å²) in [5.74, 6) is -0.965. The van der Waals surface area contributed by atoms with E-state index in [4.69, 9.17) is 24.7 Å². The lowest BCUT2D eigenvalue weighted by molar-refractivity contribution is -0.155. The number of rotatable bonds is 14. The van der Waals surface area contributed by atoms with Gasteiger partial charge in [0.1, 0.15) is 18.4 Å². The van der Waals surface area contributed by atoms with Gasteiger partial charge in [0.2, 0.25) is 0 Å². The van der Waals surface area contributed by atoms with Crippen LogP contribution in [0.5, 0.6) is 0 Å². The van der Waals surface area contributed by atoms with E-state index in [0.717, 1.165) is 32.1 Å². The van der Waals surface area contributed by atoms with Gasteiger partial charge in [-0.15, -0.1) is 0 Å². The predicted molar refractivity (Wildman–Crippen MR) is 99.3 cm³/mol. The van der Waals surface area contributed by atoms with Crippen LogP contribution in [0.25, 0.3) is 0 Å². The van der Waals surface area contributed by atoms with Crippen LogP contribution in [-0.2, 0) is 23.8 Å². The molecule has 0 saturated heterocycles. The molecule has 0 aliphatic heterocycles. The Hall–Kier alpha value is -2.12. The van der Waals surface area contributed by atoms with Gasteiger partial charge in [0, 0.05) is 6.61 Å². The molecule has 0 aromatic heterocycles. The zero-order valence-corrected chi connectivity index (χ0v) is 17.0. The van der Waals surface area contributed by atoms with Crippen LogP contribution in [0.15, 0.2) is 0 Å². The lowest BCUT2D eigenvalue weighted by atomic mass is 10.00. The first-order valence-electron chi connectivity index (χ1n) is 9.37. The molecule has 0 amide bonds. The molecule has 0 atom stereocenters. The zero-order valence-electron chi connectivity index (χ0n) is 17.0. The fourth-order valence-corrected chi connectivity index (χ4v) is 2.49. The number of esters is 2. The minimum absolute atomic E-state index is 0.205. The van der Waals surface area contributed by atoms with Crippen molar-refractivity contribution in [2.45, 2.75) is 90.3 Å². The van der Waals surface area contributed by atoms with Gasteiger partial charge in [-0.05, 0) is 66.2 Å². The third-order valence-electron chi connectivity index (χ3n) is 3.94. The Morgan fingerprint density at radius 3 is 1.89 bits per heavy atom. The second-order valence-electron chi connectivity index (χ2n) is 7.65. The van der Waals surface area contributed by atoms with Crippen LogP contribution in [0.3, 0.4) is 0 Å². The number of ether oxygens (including phenoxy) is 3. The molecule has 0 fully saturated rings. The second kappa shape index (κ2) is 13.1. The molecule has 0 aliphatic rings. The number of hydrogen-bond acceptors (Lipinski definition) is 7. The Balaban J connectivity index is 3.83. The fourth-order valence-electron chi connectivity index (χ4n) is 2.49. The summed E-state index contributed by atoms with van der Waals surface area (Å²) in [4.78, 5) is 22.4. The molecule has 0 bridgehead atoms. The monoisotopic (exact) mass is 380 g/mol. The maximum absolute atomic E-state index is 11.4. The van der Waals surface area contributed by atoms with Crippen molar-refractivity contribution in [2.24, 2.45) is 0 Å². The molecule has 152 valence electrons. The molecule has 0 aromatic rings. The topological polar surface area (TPSA) is 109 Å². The largest absolute Gasteiger partial charge is 0.465 e. The first kappa shape index (κ1) is 24.9. The SMILES string of the molecule is CC(C)(CCCCOC(=O)CC#N)OCCCCC(C)(C)OC(=O)CC#N. The molecule has 7 nitrogen and oxygen atoms in total. The number of carbonyl (C=O) groups is 2. The van der Waals surface area contributed by atoms with E-state index in [-0.39, 0.29) is 18.4 Å². The predicted octanol–water partition coefficient (Wildman–Crippen LogP) is 3.81. The van der Waals surface area contributed by atoms with Gasteiger partial charge < -0.3 is 14.2 Å². The van der Waals surface area contributed by atoms with Crippen molar-refractivity contribution in [3.8, 4) is 12.1 Å². The first-order valence-corrected chi connectivity index (χ1v) is 9.37. The first-order chi connectivity index (χ1) is 12.6. The Labute approximate surface area is 162 Å². The highest BCUT2D eigenvalue weighted by Crippen LogP contribution is 2.21. The van der Waals surface area contributed by atoms with E-state index >= 15 is 0 Å². The van der Waals surface area contributed by atoms with E-state index in [9.17, 15) is 9.59 Å². The summed E-state index contributed by atoms with van der Waals surface area (Å²) >= 11 is 0. The van der Waals surface area contributed by atoms with Crippen molar-refractivity contribution in [2.75, 3.05) is 13.2 Å². The lowest BCUT2D eigenvalue weighted by Gasteiger charge is -2.27. The maximum Gasteiger partial charge on any atom is 0.320 e. The summed E-state index contributed by atoms with van der Waals surface area (Å²) in [5, 5.41) is 16.9. The number of carbonyl (C=O) groups excluding carboxylic acids is 2. The molecular formula is C20H32N2O5. The molecule has 7 heteroatoms. The van der Waals surface area contributed by atoms with Gasteiger partial charge in [0.05, 0.1) is 24.3 Å². The molecule has 0 radical (unpaired) electrons. The molecule has 0 unspecified atom stereocenters. The van der Waals surface area contributed by atoms with E-state index < -0.39 is 17.5 Å². The molecule has 0 aromatic carbocycles. The average molecular weight is 380 g/mol. The van der Waals surface area contributed by atoms with Crippen LogP contribution in [0, 0.1) is 22.7 Å². The van der Waals surface area contributed by atoms with Crippen LogP contribution < -0.4 is 0 Å². The third-order valence-corrected chi connectivity index (χ3v) is 3.94. The van der Waals surface area contributed by atoms with Gasteiger partial charge >= 0.3 is 11.9 Å². The summed E-state index contributed by atoms with van der Waals surface area (Å²) in [6.07, 6.45) is 4.45. The summed E-state index contributed by atoms with van der Waals surface area (Å²) in [7, 11) is 0. The molecule has 0 heterocycles. The van der Waals surface area contributed by atoms with Crippen molar-refractivity contribution in [3.63, 3.8) is 0 Å². The number of nitrogens with zero attached hydrogens (tertiary/aromatic N) is 2. The third kappa shape index (κ3) is 14.7. The minimum Gasteiger partial charge on any atom is -0.465 e. The van der Waals surface area contributed by atoms with Crippen LogP contribution in [-0.4, -0.2) is 36.4 Å². The van der Waals surface area contributed by atoms with Gasteiger partial charge in [0.15, 0.2) is 0 Å². The van der Waals surface area contributed by atoms with Crippen LogP contribution in [0.1, 0.15) is 79.1 Å². The average Bonchev–Trinajstić information content (AvgIpc) is 2.53. The van der Waals surface area contributed by atoms with Crippen molar-refractivity contribution >= 4 is 11.9 Å². The van der Waals surface area contributed by atoms with Crippen molar-refractivity contribution in [1.82, 2.24) is 0 Å². The van der Waals surface area contributed by atoms with Crippen molar-refractivity contribution < 1.29 is 23.8 Å². The Morgan fingerprint density at radius 2 is 1.30 bits per heavy atom. The van der Waals surface area contributed by atoms with E-state index in [1.165, 1.54) is 0 Å². The number of hydrogen-bond donors (Lipinski definition) is 0. The van der Waals surface area contributed by atoms with Crippen molar-refractivity contribution in [3.05, 3.63) is 0 Å². The van der Waals surface area contributed by atoms with Gasteiger partial charge in [-0.3, -0.25) is 9.59 Å². The highest BCUT2D eigenvalue weighted by Gasteiger charge is 2.22. The Kier molecular flexibility index (Phi) is 12.1. The Bertz CT molecular complexity index is 544. The molecular weight excluding hydrogens is 348 g/mol. The van der Waals surface area contributed by atoms with Crippen LogP contribution in [0.2, 0.25) is 0 Å². The fraction of sp³-hybridized carbons (Fsp3) is 0.800. The number of unbranched alkanes of at least 4 members (excludes halogenated alkanes) is 2. The van der Waals surface area contributed by atoms with E-state index in [2.05, 4.69) is 0 Å². The van der Waals surface area contributed by atoms with Crippen molar-refractivity contribution in [1.29, 1.82) is 10.5 Å². The normalized spacial score (nSPS) is 11.3. The van der Waals surface area contributed by atoms with E-state index in [1.807, 2.05) is 27.7 Å². The summed E-state index contributed by atoms with van der Waals surface area (Å²) < 4.78 is 16.1. The molecule has 0 spiro atoms. The van der Waals surface area contributed by atoms with E-state index in [1.54, 1.807) is 12.1 Å². The maximum atomic E-state index is 11.4. The van der Waals surface area contributed by atoms with Crippen LogP contribution in [0.4, 0.5) is 0 Å². The summed E-state index contributed by atoms with van der Waals surface area (Å²) in [5.41, 5.74) is -0.835. The molecule has 0 rings (SSSR count). The van der Waals surface area contributed by atoms with Gasteiger partial charge in [0.25, 0.3) is 0 Å². The summed E-state index contributed by atoms with van der Waals surface area (Å²) in [6.45, 7) is 8.69. The molecule has 0 N–H and O–H groups in total. The lowest BCUT2D eigenvalue weighted by Crippen LogP contribution is -2.28. The highest BCUT2D eigenvalue weighted by atomic mass is 16.6. The van der Waals surface area contributed by atoms with Crippen LogP contribution >= 0.6 is 0 Å². The van der Waals surface area contributed by atoms with E-state index in [0.29, 0.717) is 19.6 Å². The smallest absolute Gasteiger partial charge is 0.320 e. The zero-order chi connectivity index (χ0) is 20.8. The Morgan fingerprint density at radius 1 is 0.778 bits per heavy atom. The molecule has 27 heavy (non-hydrogen) atoms. The second-order valence-corrected chi connectivity index (χ2v) is 7.65. The van der Waals surface area contributed by atoms with Gasteiger partial charge in [-0.2, -0.15) is 10.5 Å².